The highest BCUT2D eigenvalue weighted by Crippen LogP contribution is 2.39. The molecule has 0 fully saturated rings. The Morgan fingerprint density at radius 3 is 2.35 bits per heavy atom. The molecule has 3 nitrogen and oxygen atoms in total. The fourth-order valence-electron chi connectivity index (χ4n) is 1.48. The standard InChI is InChI=1S/C9H3Cl4NO2S/c10-5-3-6(11)8(17(13,15)16)4-1-2-14-9(12)7(4)5/h1-3H. The topological polar surface area (TPSA) is 47.0 Å². The number of hydrogen-bond acceptors (Lipinski definition) is 3. The Hall–Kier alpha value is -0.260. The summed E-state index contributed by atoms with van der Waals surface area (Å²) in [7, 11) is 1.33. The fraction of sp³-hybridized carbons (Fsp3) is 0. The minimum atomic E-state index is -4.00. The number of rotatable bonds is 1. The Labute approximate surface area is 117 Å². The van der Waals surface area contributed by atoms with Gasteiger partial charge in [-0.1, -0.05) is 34.8 Å². The van der Waals surface area contributed by atoms with E-state index < -0.39 is 9.05 Å². The van der Waals surface area contributed by atoms with Gasteiger partial charge in [0.2, 0.25) is 0 Å². The van der Waals surface area contributed by atoms with Crippen molar-refractivity contribution in [1.29, 1.82) is 0 Å². The van der Waals surface area contributed by atoms with E-state index in [0.29, 0.717) is 5.39 Å². The van der Waals surface area contributed by atoms with Crippen LogP contribution in [0.25, 0.3) is 10.8 Å². The van der Waals surface area contributed by atoms with E-state index in [9.17, 15) is 8.42 Å². The fourth-order valence-corrected chi connectivity index (χ4v) is 4.00. The number of nitrogens with zero attached hydrogens (tertiary/aromatic N) is 1. The molecule has 0 N–H and O–H groups in total. The minimum absolute atomic E-state index is 0.0558. The van der Waals surface area contributed by atoms with Crippen LogP contribution in [0.15, 0.2) is 23.2 Å². The van der Waals surface area contributed by atoms with Crippen LogP contribution in [0, 0.1) is 0 Å². The second kappa shape index (κ2) is 4.44. The van der Waals surface area contributed by atoms with E-state index in [1.807, 2.05) is 0 Å². The number of halogens is 4. The number of pyridine rings is 1. The summed E-state index contributed by atoms with van der Waals surface area (Å²) in [6.45, 7) is 0. The molecule has 0 saturated heterocycles. The van der Waals surface area contributed by atoms with Gasteiger partial charge in [0.25, 0.3) is 9.05 Å². The normalized spacial score (nSPS) is 12.0. The predicted octanol–water partition coefficient (Wildman–Crippen LogP) is 4.12. The molecule has 1 aromatic heterocycles. The lowest BCUT2D eigenvalue weighted by atomic mass is 10.2. The molecule has 1 heterocycles. The minimum Gasteiger partial charge on any atom is -0.244 e. The molecule has 0 aliphatic rings. The molecule has 0 atom stereocenters. The highest BCUT2D eigenvalue weighted by molar-refractivity contribution is 8.14. The Balaban J connectivity index is 3.10. The molecule has 0 radical (unpaired) electrons. The van der Waals surface area contributed by atoms with E-state index >= 15 is 0 Å². The van der Waals surface area contributed by atoms with Crippen LogP contribution in [0.1, 0.15) is 0 Å². The monoisotopic (exact) mass is 329 g/mol. The predicted molar refractivity (Wildman–Crippen MR) is 69.8 cm³/mol. The van der Waals surface area contributed by atoms with Gasteiger partial charge in [-0.15, -0.1) is 0 Å². The van der Waals surface area contributed by atoms with Gasteiger partial charge in [-0.05, 0) is 12.1 Å². The Kier molecular flexibility index (Phi) is 3.45. The molecule has 90 valence electrons. The second-order valence-corrected chi connectivity index (χ2v) is 6.81. The van der Waals surface area contributed by atoms with Gasteiger partial charge in [-0.2, -0.15) is 0 Å². The third-order valence-corrected chi connectivity index (χ3v) is 4.49. The number of aromatic nitrogens is 1. The van der Waals surface area contributed by atoms with Crippen LogP contribution in [0.4, 0.5) is 0 Å². The number of hydrogen-bond donors (Lipinski definition) is 0. The molecule has 0 aliphatic heterocycles. The van der Waals surface area contributed by atoms with Gasteiger partial charge in [-0.25, -0.2) is 13.4 Å². The lowest BCUT2D eigenvalue weighted by Crippen LogP contribution is -1.95. The Morgan fingerprint density at radius 2 is 1.76 bits per heavy atom. The van der Waals surface area contributed by atoms with Gasteiger partial charge < -0.3 is 0 Å². The molecule has 0 unspecified atom stereocenters. The summed E-state index contributed by atoms with van der Waals surface area (Å²) < 4.78 is 22.9. The van der Waals surface area contributed by atoms with Crippen LogP contribution in [-0.4, -0.2) is 13.4 Å². The van der Waals surface area contributed by atoms with Crippen LogP contribution < -0.4 is 0 Å². The van der Waals surface area contributed by atoms with Crippen LogP contribution in [0.3, 0.4) is 0 Å². The summed E-state index contributed by atoms with van der Waals surface area (Å²) in [4.78, 5) is 3.60. The summed E-state index contributed by atoms with van der Waals surface area (Å²) in [6.07, 6.45) is 1.35. The van der Waals surface area contributed by atoms with Crippen molar-refractivity contribution in [2.75, 3.05) is 0 Å². The molecule has 17 heavy (non-hydrogen) atoms. The summed E-state index contributed by atoms with van der Waals surface area (Å²) in [5.74, 6) is 0. The summed E-state index contributed by atoms with van der Waals surface area (Å²) in [5.41, 5.74) is 0. The maximum absolute atomic E-state index is 11.5. The Bertz CT molecular complexity index is 714. The van der Waals surface area contributed by atoms with Crippen molar-refractivity contribution in [2.24, 2.45) is 0 Å². The SMILES string of the molecule is O=S(=O)(Cl)c1c(Cl)cc(Cl)c2c(Cl)nccc12. The largest absolute Gasteiger partial charge is 0.263 e. The molecular weight excluding hydrogens is 328 g/mol. The first-order valence-corrected chi connectivity index (χ1v) is 7.63. The molecule has 0 amide bonds. The maximum atomic E-state index is 11.5. The molecule has 2 rings (SSSR count). The molecule has 0 bridgehead atoms. The second-order valence-electron chi connectivity index (χ2n) is 3.13. The summed E-state index contributed by atoms with van der Waals surface area (Å²) in [5, 5.41) is 0.801. The smallest absolute Gasteiger partial charge is 0.244 e. The van der Waals surface area contributed by atoms with Gasteiger partial charge in [0.15, 0.2) is 0 Å². The highest BCUT2D eigenvalue weighted by Gasteiger charge is 2.21. The van der Waals surface area contributed by atoms with Crippen LogP contribution >= 0.6 is 45.5 Å². The third kappa shape index (κ3) is 2.33. The molecule has 1 aromatic carbocycles. The van der Waals surface area contributed by atoms with Crippen LogP contribution in [0.5, 0.6) is 0 Å². The van der Waals surface area contributed by atoms with E-state index in [2.05, 4.69) is 4.98 Å². The van der Waals surface area contributed by atoms with Gasteiger partial charge in [-0.3, -0.25) is 0 Å². The number of benzene rings is 1. The van der Waals surface area contributed by atoms with Crippen LogP contribution in [-0.2, 0) is 9.05 Å². The van der Waals surface area contributed by atoms with Gasteiger partial charge >= 0.3 is 0 Å². The maximum Gasteiger partial charge on any atom is 0.263 e. The van der Waals surface area contributed by atoms with Crippen molar-refractivity contribution in [1.82, 2.24) is 4.98 Å². The van der Waals surface area contributed by atoms with E-state index in [1.54, 1.807) is 0 Å². The van der Waals surface area contributed by atoms with E-state index in [-0.39, 0.29) is 25.5 Å². The van der Waals surface area contributed by atoms with Crippen molar-refractivity contribution in [3.63, 3.8) is 0 Å². The highest BCUT2D eigenvalue weighted by atomic mass is 35.7. The van der Waals surface area contributed by atoms with E-state index in [1.165, 1.54) is 18.3 Å². The first-order chi connectivity index (χ1) is 7.82. The average Bonchev–Trinajstić information content (AvgIpc) is 2.14. The molecule has 0 aliphatic carbocycles. The van der Waals surface area contributed by atoms with Gasteiger partial charge in [0.05, 0.1) is 10.0 Å². The van der Waals surface area contributed by atoms with E-state index in [0.717, 1.165) is 0 Å². The molecule has 8 heteroatoms. The zero-order valence-electron chi connectivity index (χ0n) is 7.92. The first-order valence-electron chi connectivity index (χ1n) is 4.19. The van der Waals surface area contributed by atoms with Crippen molar-refractivity contribution in [2.45, 2.75) is 4.90 Å². The first kappa shape index (κ1) is 13.2. The number of fused-ring (bicyclic) bond motifs is 1. The molecule has 0 spiro atoms. The van der Waals surface area contributed by atoms with Crippen molar-refractivity contribution in [3.05, 3.63) is 33.5 Å². The van der Waals surface area contributed by atoms with Gasteiger partial charge in [0, 0.05) is 27.7 Å². The molecular formula is C9H3Cl4NO2S. The van der Waals surface area contributed by atoms with E-state index in [4.69, 9.17) is 45.5 Å². The summed E-state index contributed by atoms with van der Waals surface area (Å²) in [6, 6.07) is 2.71. The average molecular weight is 331 g/mol. The van der Waals surface area contributed by atoms with Crippen molar-refractivity contribution < 1.29 is 8.42 Å². The van der Waals surface area contributed by atoms with Gasteiger partial charge in [0.1, 0.15) is 10.0 Å². The lowest BCUT2D eigenvalue weighted by Gasteiger charge is -2.08. The molecule has 2 aromatic rings. The summed E-state index contributed by atoms with van der Waals surface area (Å²) >= 11 is 17.6. The zero-order chi connectivity index (χ0) is 12.8. The zero-order valence-corrected chi connectivity index (χ0v) is 11.8. The van der Waals surface area contributed by atoms with Crippen LogP contribution in [0.2, 0.25) is 15.2 Å². The quantitative estimate of drug-likeness (QED) is 0.583. The Morgan fingerprint density at radius 1 is 1.12 bits per heavy atom. The third-order valence-electron chi connectivity index (χ3n) is 2.10. The molecule has 0 saturated carbocycles. The van der Waals surface area contributed by atoms with Crippen molar-refractivity contribution in [3.8, 4) is 0 Å². The van der Waals surface area contributed by atoms with Crippen molar-refractivity contribution >= 4 is 65.3 Å². The lowest BCUT2D eigenvalue weighted by molar-refractivity contribution is 0.610.